The molecule has 2 heterocycles. The Hall–Kier alpha value is -1.16. The molecule has 0 spiro atoms. The van der Waals surface area contributed by atoms with Gasteiger partial charge in [0.25, 0.3) is 0 Å². The molecule has 0 saturated carbocycles. The van der Waals surface area contributed by atoms with E-state index < -0.39 is 0 Å². The third kappa shape index (κ3) is 2.50. The van der Waals surface area contributed by atoms with Crippen LogP contribution in [-0.2, 0) is 0 Å². The fourth-order valence-electron chi connectivity index (χ4n) is 2.23. The summed E-state index contributed by atoms with van der Waals surface area (Å²) in [7, 11) is 2.12. The summed E-state index contributed by atoms with van der Waals surface area (Å²) in [5.74, 6) is 1.89. The Morgan fingerprint density at radius 3 is 2.81 bits per heavy atom. The molecule has 4 nitrogen and oxygen atoms in total. The molecule has 1 fully saturated rings. The van der Waals surface area contributed by atoms with Crippen LogP contribution in [0.3, 0.4) is 0 Å². The van der Waals surface area contributed by atoms with Gasteiger partial charge in [0.05, 0.1) is 0 Å². The summed E-state index contributed by atoms with van der Waals surface area (Å²) in [6, 6.07) is 2.61. The van der Waals surface area contributed by atoms with E-state index in [1.165, 1.54) is 12.8 Å². The Morgan fingerprint density at radius 2 is 2.19 bits per heavy atom. The maximum absolute atomic E-state index is 4.50. The molecule has 88 valence electrons. The van der Waals surface area contributed by atoms with Crippen molar-refractivity contribution in [3.05, 3.63) is 17.6 Å². The van der Waals surface area contributed by atoms with Gasteiger partial charge in [-0.15, -0.1) is 0 Å². The summed E-state index contributed by atoms with van der Waals surface area (Å²) < 4.78 is 0. The molecule has 0 radical (unpaired) electrons. The molecule has 4 heteroatoms. The van der Waals surface area contributed by atoms with Gasteiger partial charge in [0, 0.05) is 31.4 Å². The van der Waals surface area contributed by atoms with E-state index in [0.717, 1.165) is 30.4 Å². The summed E-state index contributed by atoms with van der Waals surface area (Å²) in [5.41, 5.74) is 1.04. The number of hydrogen-bond acceptors (Lipinski definition) is 4. The van der Waals surface area contributed by atoms with E-state index in [9.17, 15) is 0 Å². The van der Waals surface area contributed by atoms with Gasteiger partial charge < -0.3 is 10.2 Å². The van der Waals surface area contributed by atoms with Gasteiger partial charge in [-0.05, 0) is 33.2 Å². The average Bonchev–Trinajstić information content (AvgIpc) is 2.28. The molecule has 1 saturated heterocycles. The lowest BCUT2D eigenvalue weighted by Crippen LogP contribution is -2.44. The monoisotopic (exact) mass is 220 g/mol. The summed E-state index contributed by atoms with van der Waals surface area (Å²) in [4.78, 5) is 11.1. The number of aryl methyl sites for hydroxylation is 2. The Bertz CT molecular complexity index is 338. The fraction of sp³-hybridized carbons (Fsp3) is 0.667. The molecule has 0 amide bonds. The van der Waals surface area contributed by atoms with Crippen molar-refractivity contribution in [2.75, 3.05) is 25.0 Å². The van der Waals surface area contributed by atoms with Crippen molar-refractivity contribution in [1.82, 2.24) is 15.3 Å². The number of likely N-dealkylation sites (N-methyl/N-ethyl adjacent to an activating group) is 1. The van der Waals surface area contributed by atoms with Gasteiger partial charge >= 0.3 is 0 Å². The number of aromatic nitrogens is 2. The predicted molar refractivity (Wildman–Crippen MR) is 65.8 cm³/mol. The van der Waals surface area contributed by atoms with Crippen LogP contribution in [0, 0.1) is 13.8 Å². The van der Waals surface area contributed by atoms with Gasteiger partial charge in [-0.25, -0.2) is 9.97 Å². The van der Waals surface area contributed by atoms with Crippen LogP contribution >= 0.6 is 0 Å². The van der Waals surface area contributed by atoms with E-state index in [4.69, 9.17) is 0 Å². The van der Waals surface area contributed by atoms with Crippen molar-refractivity contribution in [2.45, 2.75) is 32.7 Å². The molecule has 1 aliphatic rings. The number of nitrogens with one attached hydrogen (secondary N) is 1. The van der Waals surface area contributed by atoms with E-state index in [1.54, 1.807) is 0 Å². The smallest absolute Gasteiger partial charge is 0.132 e. The fourth-order valence-corrected chi connectivity index (χ4v) is 2.23. The highest BCUT2D eigenvalue weighted by Crippen LogP contribution is 2.17. The lowest BCUT2D eigenvalue weighted by atomic mass is 10.1. The lowest BCUT2D eigenvalue weighted by Gasteiger charge is -2.32. The zero-order chi connectivity index (χ0) is 11.5. The normalized spacial score (nSPS) is 20.8. The minimum Gasteiger partial charge on any atom is -0.355 e. The number of anilines is 1. The SMILES string of the molecule is Cc1cc(N(C)C2CCCNC2)nc(C)n1. The van der Waals surface area contributed by atoms with Crippen LogP contribution in [0.5, 0.6) is 0 Å². The van der Waals surface area contributed by atoms with Crippen molar-refractivity contribution in [3.63, 3.8) is 0 Å². The molecular formula is C12H20N4. The first-order valence-electron chi connectivity index (χ1n) is 5.92. The lowest BCUT2D eigenvalue weighted by molar-refractivity contribution is 0.443. The molecular weight excluding hydrogens is 200 g/mol. The molecule has 1 aliphatic heterocycles. The first-order valence-corrected chi connectivity index (χ1v) is 5.92. The molecule has 1 N–H and O–H groups in total. The standard InChI is InChI=1S/C12H20N4/c1-9-7-12(15-10(2)14-9)16(3)11-5-4-6-13-8-11/h7,11,13H,4-6,8H2,1-3H3. The minimum atomic E-state index is 0.558. The van der Waals surface area contributed by atoms with Crippen LogP contribution in [0.25, 0.3) is 0 Å². The van der Waals surface area contributed by atoms with Crippen LogP contribution in [0.1, 0.15) is 24.4 Å². The largest absolute Gasteiger partial charge is 0.355 e. The van der Waals surface area contributed by atoms with Crippen LogP contribution in [0.15, 0.2) is 6.07 Å². The molecule has 0 aliphatic carbocycles. The zero-order valence-electron chi connectivity index (χ0n) is 10.3. The Kier molecular flexibility index (Phi) is 3.39. The maximum Gasteiger partial charge on any atom is 0.132 e. The molecule has 16 heavy (non-hydrogen) atoms. The molecule has 0 bridgehead atoms. The van der Waals surface area contributed by atoms with Crippen molar-refractivity contribution >= 4 is 5.82 Å². The molecule has 0 aromatic carbocycles. The van der Waals surface area contributed by atoms with E-state index in [2.05, 4.69) is 33.3 Å². The zero-order valence-corrected chi connectivity index (χ0v) is 10.3. The predicted octanol–water partition coefficient (Wildman–Crippen LogP) is 1.28. The van der Waals surface area contributed by atoms with Gasteiger partial charge in [-0.1, -0.05) is 0 Å². The summed E-state index contributed by atoms with van der Waals surface area (Å²) in [6.45, 7) is 6.17. The Balaban J connectivity index is 2.15. The van der Waals surface area contributed by atoms with Gasteiger partial charge in [-0.3, -0.25) is 0 Å². The molecule has 2 rings (SSSR count). The second-order valence-electron chi connectivity index (χ2n) is 4.53. The number of hydrogen-bond donors (Lipinski definition) is 1. The van der Waals surface area contributed by atoms with Gasteiger partial charge in [-0.2, -0.15) is 0 Å². The maximum atomic E-state index is 4.50. The molecule has 1 aromatic heterocycles. The number of nitrogens with zero attached hydrogens (tertiary/aromatic N) is 3. The van der Waals surface area contributed by atoms with Gasteiger partial charge in [0.1, 0.15) is 11.6 Å². The molecule has 1 unspecified atom stereocenters. The second kappa shape index (κ2) is 4.78. The number of rotatable bonds is 2. The Morgan fingerprint density at radius 1 is 1.38 bits per heavy atom. The molecule has 1 aromatic rings. The highest BCUT2D eigenvalue weighted by Gasteiger charge is 2.19. The van der Waals surface area contributed by atoms with Crippen LogP contribution < -0.4 is 10.2 Å². The third-order valence-corrected chi connectivity index (χ3v) is 3.13. The van der Waals surface area contributed by atoms with E-state index in [-0.39, 0.29) is 0 Å². The topological polar surface area (TPSA) is 41.0 Å². The van der Waals surface area contributed by atoms with E-state index >= 15 is 0 Å². The van der Waals surface area contributed by atoms with Crippen LogP contribution in [0.2, 0.25) is 0 Å². The second-order valence-corrected chi connectivity index (χ2v) is 4.53. The highest BCUT2D eigenvalue weighted by molar-refractivity contribution is 5.40. The van der Waals surface area contributed by atoms with Gasteiger partial charge in [0.15, 0.2) is 0 Å². The van der Waals surface area contributed by atoms with Crippen LogP contribution in [-0.4, -0.2) is 36.1 Å². The number of piperidine rings is 1. The van der Waals surface area contributed by atoms with Crippen molar-refractivity contribution in [2.24, 2.45) is 0 Å². The van der Waals surface area contributed by atoms with E-state index in [1.807, 2.05) is 13.8 Å². The Labute approximate surface area is 97.1 Å². The quantitative estimate of drug-likeness (QED) is 0.815. The summed E-state index contributed by atoms with van der Waals surface area (Å²) in [6.07, 6.45) is 2.49. The first kappa shape index (κ1) is 11.3. The van der Waals surface area contributed by atoms with E-state index in [0.29, 0.717) is 6.04 Å². The van der Waals surface area contributed by atoms with Crippen LogP contribution in [0.4, 0.5) is 5.82 Å². The van der Waals surface area contributed by atoms with Crippen molar-refractivity contribution in [1.29, 1.82) is 0 Å². The van der Waals surface area contributed by atoms with Crippen molar-refractivity contribution < 1.29 is 0 Å². The van der Waals surface area contributed by atoms with Crippen molar-refractivity contribution in [3.8, 4) is 0 Å². The first-order chi connectivity index (χ1) is 7.66. The average molecular weight is 220 g/mol. The minimum absolute atomic E-state index is 0.558. The summed E-state index contributed by atoms with van der Waals surface area (Å²) in [5, 5.41) is 3.43. The third-order valence-electron chi connectivity index (χ3n) is 3.13. The molecule has 1 atom stereocenters. The van der Waals surface area contributed by atoms with Gasteiger partial charge in [0.2, 0.25) is 0 Å². The highest BCUT2D eigenvalue weighted by atomic mass is 15.2. The summed E-state index contributed by atoms with van der Waals surface area (Å²) >= 11 is 0.